The lowest BCUT2D eigenvalue weighted by Crippen LogP contribution is -2.33. The molecular weight excluding hydrogens is 277 g/mol. The molecule has 3 nitrogen and oxygen atoms in total. The molecule has 6 heteroatoms. The van der Waals surface area contributed by atoms with Crippen LogP contribution in [0.5, 0.6) is 0 Å². The van der Waals surface area contributed by atoms with Crippen LogP contribution >= 0.6 is 11.6 Å². The van der Waals surface area contributed by atoms with E-state index < -0.39 is 9.84 Å². The molecule has 1 heterocycles. The van der Waals surface area contributed by atoms with E-state index in [0.717, 1.165) is 0 Å². The zero-order valence-corrected chi connectivity index (χ0v) is 11.6. The standard InChI is InChI=1S/C12H15ClFNO2S/c1-15(10-4-5-18(16,17)8-10)12-3-2-9(7-13)6-11(12)14/h2-3,6,10H,4-5,7-8H2,1H3. The Hall–Kier alpha value is -0.810. The molecule has 1 saturated heterocycles. The summed E-state index contributed by atoms with van der Waals surface area (Å²) in [5, 5.41) is 0. The minimum atomic E-state index is -2.96. The summed E-state index contributed by atoms with van der Waals surface area (Å²) in [5.41, 5.74) is 1.14. The minimum absolute atomic E-state index is 0.0974. The lowest BCUT2D eigenvalue weighted by atomic mass is 10.1. The van der Waals surface area contributed by atoms with Crippen molar-refractivity contribution in [2.45, 2.75) is 18.3 Å². The number of hydrogen-bond acceptors (Lipinski definition) is 3. The van der Waals surface area contributed by atoms with E-state index in [9.17, 15) is 12.8 Å². The van der Waals surface area contributed by atoms with Crippen molar-refractivity contribution in [1.29, 1.82) is 0 Å². The van der Waals surface area contributed by atoms with Gasteiger partial charge in [-0.1, -0.05) is 6.07 Å². The lowest BCUT2D eigenvalue weighted by molar-refractivity contribution is 0.596. The zero-order chi connectivity index (χ0) is 13.3. The molecule has 1 aliphatic rings. The third-order valence-electron chi connectivity index (χ3n) is 3.30. The third-order valence-corrected chi connectivity index (χ3v) is 5.36. The van der Waals surface area contributed by atoms with E-state index in [1.165, 1.54) is 6.07 Å². The van der Waals surface area contributed by atoms with Gasteiger partial charge in [0.15, 0.2) is 9.84 Å². The van der Waals surface area contributed by atoms with E-state index in [-0.39, 0.29) is 29.2 Å². The molecular formula is C12H15ClFNO2S. The van der Waals surface area contributed by atoms with Gasteiger partial charge in [-0.15, -0.1) is 11.6 Å². The summed E-state index contributed by atoms with van der Waals surface area (Å²) < 4.78 is 36.7. The van der Waals surface area contributed by atoms with Crippen LogP contribution in [0.4, 0.5) is 10.1 Å². The molecule has 0 amide bonds. The van der Waals surface area contributed by atoms with Crippen LogP contribution in [0.3, 0.4) is 0 Å². The monoisotopic (exact) mass is 291 g/mol. The molecule has 0 spiro atoms. The molecule has 18 heavy (non-hydrogen) atoms. The van der Waals surface area contributed by atoms with Crippen molar-refractivity contribution >= 4 is 27.1 Å². The Labute approximate surface area is 111 Å². The molecule has 0 N–H and O–H groups in total. The van der Waals surface area contributed by atoms with Gasteiger partial charge in [0, 0.05) is 19.0 Å². The summed E-state index contributed by atoms with van der Waals surface area (Å²) in [6.07, 6.45) is 0.551. The smallest absolute Gasteiger partial charge is 0.152 e. The summed E-state index contributed by atoms with van der Waals surface area (Å²) >= 11 is 5.64. The molecule has 0 radical (unpaired) electrons. The van der Waals surface area contributed by atoms with Gasteiger partial charge in [0.25, 0.3) is 0 Å². The SMILES string of the molecule is CN(c1ccc(CCl)cc1F)C1CCS(=O)(=O)C1. The summed E-state index contributed by atoms with van der Waals surface area (Å²) in [6.45, 7) is 0. The normalized spacial score (nSPS) is 22.1. The summed E-state index contributed by atoms with van der Waals surface area (Å²) in [7, 11) is -1.23. The largest absolute Gasteiger partial charge is 0.368 e. The number of anilines is 1. The lowest BCUT2D eigenvalue weighted by Gasteiger charge is -2.26. The number of sulfone groups is 1. The number of nitrogens with zero attached hydrogens (tertiary/aromatic N) is 1. The highest BCUT2D eigenvalue weighted by atomic mass is 35.5. The Balaban J connectivity index is 2.21. The van der Waals surface area contributed by atoms with Gasteiger partial charge in [0.05, 0.1) is 17.2 Å². The fraction of sp³-hybridized carbons (Fsp3) is 0.500. The van der Waals surface area contributed by atoms with Gasteiger partial charge in [0.1, 0.15) is 5.82 Å². The van der Waals surface area contributed by atoms with Crippen LogP contribution in [0, 0.1) is 5.82 Å². The quantitative estimate of drug-likeness (QED) is 0.801. The number of alkyl halides is 1. The van der Waals surface area contributed by atoms with Crippen LogP contribution in [0.2, 0.25) is 0 Å². The second-order valence-corrected chi connectivity index (χ2v) is 7.08. The van der Waals surface area contributed by atoms with Gasteiger partial charge >= 0.3 is 0 Å². The molecule has 0 saturated carbocycles. The van der Waals surface area contributed by atoms with Crippen molar-refractivity contribution in [2.24, 2.45) is 0 Å². The first-order valence-corrected chi connectivity index (χ1v) is 8.06. The average molecular weight is 292 g/mol. The van der Waals surface area contributed by atoms with E-state index >= 15 is 0 Å². The van der Waals surface area contributed by atoms with E-state index in [2.05, 4.69) is 0 Å². The number of halogens is 2. The highest BCUT2D eigenvalue weighted by molar-refractivity contribution is 7.91. The molecule has 1 fully saturated rings. The van der Waals surface area contributed by atoms with Crippen molar-refractivity contribution in [1.82, 2.24) is 0 Å². The molecule has 2 rings (SSSR count). The van der Waals surface area contributed by atoms with Gasteiger partial charge in [-0.05, 0) is 24.1 Å². The number of rotatable bonds is 3. The molecule has 1 unspecified atom stereocenters. The van der Waals surface area contributed by atoms with Crippen LogP contribution < -0.4 is 4.90 Å². The number of hydrogen-bond donors (Lipinski definition) is 0. The number of benzene rings is 1. The van der Waals surface area contributed by atoms with Gasteiger partial charge in [0.2, 0.25) is 0 Å². The summed E-state index contributed by atoms with van der Waals surface area (Å²) in [4.78, 5) is 1.71. The maximum atomic E-state index is 13.9. The fourth-order valence-electron chi connectivity index (χ4n) is 2.20. The van der Waals surface area contributed by atoms with Crippen LogP contribution in [0.25, 0.3) is 0 Å². The molecule has 0 bridgehead atoms. The molecule has 1 atom stereocenters. The van der Waals surface area contributed by atoms with Crippen molar-refractivity contribution in [3.05, 3.63) is 29.6 Å². The topological polar surface area (TPSA) is 37.4 Å². The first kappa shape index (κ1) is 13.6. The van der Waals surface area contributed by atoms with Gasteiger partial charge < -0.3 is 4.90 Å². The maximum Gasteiger partial charge on any atom is 0.152 e. The van der Waals surface area contributed by atoms with E-state index in [4.69, 9.17) is 11.6 Å². The van der Waals surface area contributed by atoms with Crippen LogP contribution in [-0.4, -0.2) is 33.0 Å². The van der Waals surface area contributed by atoms with Crippen molar-refractivity contribution in [3.63, 3.8) is 0 Å². The predicted octanol–water partition coefficient (Wildman–Crippen LogP) is 2.19. The van der Waals surface area contributed by atoms with Crippen LogP contribution in [-0.2, 0) is 15.7 Å². The van der Waals surface area contributed by atoms with E-state index in [0.29, 0.717) is 17.7 Å². The Morgan fingerprint density at radius 3 is 2.72 bits per heavy atom. The Bertz CT molecular complexity index is 547. The Morgan fingerprint density at radius 2 is 2.22 bits per heavy atom. The van der Waals surface area contributed by atoms with Crippen LogP contribution in [0.15, 0.2) is 18.2 Å². The Morgan fingerprint density at radius 1 is 1.50 bits per heavy atom. The summed E-state index contributed by atoms with van der Waals surface area (Å²) in [5.74, 6) is 0.183. The van der Waals surface area contributed by atoms with Gasteiger partial charge in [-0.25, -0.2) is 12.8 Å². The first-order valence-electron chi connectivity index (χ1n) is 5.70. The molecule has 1 aliphatic heterocycles. The Kier molecular flexibility index (Phi) is 3.82. The highest BCUT2D eigenvalue weighted by Gasteiger charge is 2.31. The van der Waals surface area contributed by atoms with Crippen LogP contribution in [0.1, 0.15) is 12.0 Å². The molecule has 1 aromatic rings. The highest BCUT2D eigenvalue weighted by Crippen LogP contribution is 2.26. The first-order chi connectivity index (χ1) is 8.43. The van der Waals surface area contributed by atoms with Gasteiger partial charge in [-0.3, -0.25) is 0 Å². The average Bonchev–Trinajstić information content (AvgIpc) is 2.68. The summed E-state index contributed by atoms with van der Waals surface area (Å²) in [6, 6.07) is 4.65. The molecule has 0 aromatic heterocycles. The van der Waals surface area contributed by atoms with E-state index in [1.807, 2.05) is 0 Å². The van der Waals surface area contributed by atoms with Crippen molar-refractivity contribution in [2.75, 3.05) is 23.5 Å². The van der Waals surface area contributed by atoms with Crippen molar-refractivity contribution < 1.29 is 12.8 Å². The third kappa shape index (κ3) is 2.78. The molecule has 100 valence electrons. The van der Waals surface area contributed by atoms with Gasteiger partial charge in [-0.2, -0.15) is 0 Å². The molecule has 1 aromatic carbocycles. The fourth-order valence-corrected chi connectivity index (χ4v) is 4.14. The maximum absolute atomic E-state index is 13.9. The minimum Gasteiger partial charge on any atom is -0.368 e. The van der Waals surface area contributed by atoms with E-state index in [1.54, 1.807) is 24.1 Å². The second-order valence-electron chi connectivity index (χ2n) is 4.59. The zero-order valence-electron chi connectivity index (χ0n) is 10.1. The second kappa shape index (κ2) is 5.05. The predicted molar refractivity (Wildman–Crippen MR) is 71.4 cm³/mol. The van der Waals surface area contributed by atoms with Crippen molar-refractivity contribution in [3.8, 4) is 0 Å². The molecule has 0 aliphatic carbocycles.